The molecular weight excluding hydrogens is 220 g/mol. The minimum Gasteiger partial charge on any atom is -0.316 e. The Kier molecular flexibility index (Phi) is 3.67. The van der Waals surface area contributed by atoms with Crippen LogP contribution in [0, 0.1) is 0 Å². The zero-order valence-corrected chi connectivity index (χ0v) is 11.4. The molecule has 1 atom stereocenters. The topological polar surface area (TPSA) is 15.3 Å². The Balaban J connectivity index is 1.57. The number of likely N-dealkylation sites (N-methyl/N-ethyl adjacent to an activating group) is 1. The van der Waals surface area contributed by atoms with Crippen LogP contribution in [0.1, 0.15) is 42.7 Å². The lowest BCUT2D eigenvalue weighted by atomic mass is 10.0. The van der Waals surface area contributed by atoms with Crippen molar-refractivity contribution >= 4 is 0 Å². The molecule has 1 saturated heterocycles. The maximum Gasteiger partial charge on any atom is 0.0234 e. The van der Waals surface area contributed by atoms with Gasteiger partial charge in [0.05, 0.1) is 0 Å². The second kappa shape index (κ2) is 5.41. The molecule has 0 spiro atoms. The van der Waals surface area contributed by atoms with Crippen molar-refractivity contribution in [3.05, 3.63) is 35.4 Å². The monoisotopic (exact) mass is 244 g/mol. The molecule has 18 heavy (non-hydrogen) atoms. The predicted molar refractivity (Wildman–Crippen MR) is 75.8 cm³/mol. The van der Waals surface area contributed by atoms with E-state index in [0.717, 1.165) is 12.5 Å². The quantitative estimate of drug-likeness (QED) is 0.876. The Bertz CT molecular complexity index is 381. The summed E-state index contributed by atoms with van der Waals surface area (Å²) in [7, 11) is 2.08. The Morgan fingerprint density at radius 3 is 2.61 bits per heavy atom. The van der Waals surface area contributed by atoms with Crippen molar-refractivity contribution in [2.24, 2.45) is 0 Å². The van der Waals surface area contributed by atoms with E-state index < -0.39 is 0 Å². The third kappa shape index (κ3) is 2.93. The molecule has 0 amide bonds. The molecule has 0 bridgehead atoms. The molecule has 0 aromatic heterocycles. The molecule has 1 aliphatic heterocycles. The fraction of sp³-hybridized carbons (Fsp3) is 0.625. The summed E-state index contributed by atoms with van der Waals surface area (Å²) in [6, 6.07) is 10.0. The molecule has 3 rings (SSSR count). The molecule has 2 nitrogen and oxygen atoms in total. The van der Waals surface area contributed by atoms with Gasteiger partial charge in [0.25, 0.3) is 0 Å². The summed E-state index contributed by atoms with van der Waals surface area (Å²) in [5, 5.41) is 3.41. The average molecular weight is 244 g/mol. The first-order chi connectivity index (χ1) is 8.85. The summed E-state index contributed by atoms with van der Waals surface area (Å²) < 4.78 is 0. The third-order valence-electron chi connectivity index (χ3n) is 4.35. The summed E-state index contributed by atoms with van der Waals surface area (Å²) in [6.07, 6.45) is 5.45. The van der Waals surface area contributed by atoms with Crippen LogP contribution in [0.5, 0.6) is 0 Å². The molecule has 1 aromatic rings. The van der Waals surface area contributed by atoms with Crippen molar-refractivity contribution in [2.75, 3.05) is 20.1 Å². The van der Waals surface area contributed by atoms with E-state index in [9.17, 15) is 0 Å². The summed E-state index contributed by atoms with van der Waals surface area (Å²) in [5.74, 6) is 0.878. The van der Waals surface area contributed by atoms with Crippen molar-refractivity contribution in [1.82, 2.24) is 10.2 Å². The van der Waals surface area contributed by atoms with Gasteiger partial charge in [0, 0.05) is 19.1 Å². The fourth-order valence-corrected chi connectivity index (χ4v) is 3.00. The van der Waals surface area contributed by atoms with E-state index in [1.807, 2.05) is 0 Å². The van der Waals surface area contributed by atoms with Gasteiger partial charge in [-0.25, -0.2) is 0 Å². The van der Waals surface area contributed by atoms with E-state index in [1.54, 1.807) is 5.56 Å². The Hall–Kier alpha value is -0.860. The zero-order valence-electron chi connectivity index (χ0n) is 11.4. The Morgan fingerprint density at radius 1 is 1.17 bits per heavy atom. The van der Waals surface area contributed by atoms with Crippen LogP contribution in [0.3, 0.4) is 0 Å². The Labute approximate surface area is 110 Å². The van der Waals surface area contributed by atoms with Gasteiger partial charge in [0.1, 0.15) is 0 Å². The highest BCUT2D eigenvalue weighted by atomic mass is 15.2. The SMILES string of the molecule is CNC1CCCN(Cc2ccc(C3CC3)cc2)C1. The number of nitrogens with zero attached hydrogens (tertiary/aromatic N) is 1. The lowest BCUT2D eigenvalue weighted by Crippen LogP contribution is -2.43. The average Bonchev–Trinajstić information content (AvgIpc) is 3.24. The van der Waals surface area contributed by atoms with Gasteiger partial charge in [-0.2, -0.15) is 0 Å². The molecule has 2 heteroatoms. The van der Waals surface area contributed by atoms with Crippen molar-refractivity contribution in [1.29, 1.82) is 0 Å². The zero-order chi connectivity index (χ0) is 12.4. The van der Waals surface area contributed by atoms with Crippen molar-refractivity contribution in [2.45, 2.75) is 44.2 Å². The predicted octanol–water partition coefficient (Wildman–Crippen LogP) is 2.75. The van der Waals surface area contributed by atoms with Crippen LogP contribution in [0.2, 0.25) is 0 Å². The van der Waals surface area contributed by atoms with Crippen LogP contribution in [0.25, 0.3) is 0 Å². The highest BCUT2D eigenvalue weighted by Crippen LogP contribution is 2.39. The van der Waals surface area contributed by atoms with Gasteiger partial charge in [-0.3, -0.25) is 4.90 Å². The Morgan fingerprint density at radius 2 is 1.94 bits per heavy atom. The molecule has 0 radical (unpaired) electrons. The number of piperidine rings is 1. The minimum absolute atomic E-state index is 0.685. The highest BCUT2D eigenvalue weighted by molar-refractivity contribution is 5.28. The molecule has 98 valence electrons. The van der Waals surface area contributed by atoms with E-state index in [0.29, 0.717) is 6.04 Å². The summed E-state index contributed by atoms with van der Waals surface area (Å²) >= 11 is 0. The molecular formula is C16H24N2. The molecule has 1 saturated carbocycles. The number of rotatable bonds is 4. The molecule has 1 unspecified atom stereocenters. The maximum atomic E-state index is 3.41. The molecule has 1 heterocycles. The fourth-order valence-electron chi connectivity index (χ4n) is 3.00. The standard InChI is InChI=1S/C16H24N2/c1-17-16-3-2-10-18(12-16)11-13-4-6-14(7-5-13)15-8-9-15/h4-7,15-17H,2-3,8-12H2,1H3. The largest absolute Gasteiger partial charge is 0.316 e. The first kappa shape index (κ1) is 12.2. The maximum absolute atomic E-state index is 3.41. The first-order valence-electron chi connectivity index (χ1n) is 7.33. The number of hydrogen-bond acceptors (Lipinski definition) is 2. The van der Waals surface area contributed by atoms with Crippen LogP contribution < -0.4 is 5.32 Å². The van der Waals surface area contributed by atoms with Crippen molar-refractivity contribution in [3.63, 3.8) is 0 Å². The first-order valence-corrected chi connectivity index (χ1v) is 7.33. The molecule has 1 N–H and O–H groups in total. The molecule has 2 aliphatic rings. The third-order valence-corrected chi connectivity index (χ3v) is 4.35. The van der Waals surface area contributed by atoms with Crippen molar-refractivity contribution < 1.29 is 0 Å². The molecule has 2 fully saturated rings. The van der Waals surface area contributed by atoms with Gasteiger partial charge in [0.2, 0.25) is 0 Å². The summed E-state index contributed by atoms with van der Waals surface area (Å²) in [4.78, 5) is 2.58. The molecule has 1 aromatic carbocycles. The lowest BCUT2D eigenvalue weighted by molar-refractivity contribution is 0.188. The van der Waals surface area contributed by atoms with Crippen molar-refractivity contribution in [3.8, 4) is 0 Å². The summed E-state index contributed by atoms with van der Waals surface area (Å²) in [5.41, 5.74) is 3.02. The number of benzene rings is 1. The van der Waals surface area contributed by atoms with Gasteiger partial charge in [-0.05, 0) is 56.3 Å². The van der Waals surface area contributed by atoms with E-state index in [1.165, 1.54) is 44.3 Å². The number of nitrogens with one attached hydrogen (secondary N) is 1. The smallest absolute Gasteiger partial charge is 0.0234 e. The van der Waals surface area contributed by atoms with Gasteiger partial charge in [-0.15, -0.1) is 0 Å². The van der Waals surface area contributed by atoms with E-state index >= 15 is 0 Å². The molecule has 1 aliphatic carbocycles. The van der Waals surface area contributed by atoms with Gasteiger partial charge < -0.3 is 5.32 Å². The normalized spacial score (nSPS) is 25.3. The lowest BCUT2D eigenvalue weighted by Gasteiger charge is -2.32. The number of hydrogen-bond donors (Lipinski definition) is 1. The van der Waals surface area contributed by atoms with Crippen LogP contribution in [0.15, 0.2) is 24.3 Å². The van der Waals surface area contributed by atoms with E-state index in [4.69, 9.17) is 0 Å². The number of likely N-dealkylation sites (tertiary alicyclic amines) is 1. The van der Waals surface area contributed by atoms with Crippen LogP contribution in [-0.4, -0.2) is 31.1 Å². The van der Waals surface area contributed by atoms with Gasteiger partial charge >= 0.3 is 0 Å². The van der Waals surface area contributed by atoms with Crippen LogP contribution in [-0.2, 0) is 6.54 Å². The highest BCUT2D eigenvalue weighted by Gasteiger charge is 2.23. The summed E-state index contributed by atoms with van der Waals surface area (Å²) in [6.45, 7) is 3.56. The van der Waals surface area contributed by atoms with Gasteiger partial charge in [0.15, 0.2) is 0 Å². The van der Waals surface area contributed by atoms with Crippen LogP contribution >= 0.6 is 0 Å². The van der Waals surface area contributed by atoms with E-state index in [-0.39, 0.29) is 0 Å². The van der Waals surface area contributed by atoms with Gasteiger partial charge in [-0.1, -0.05) is 24.3 Å². The van der Waals surface area contributed by atoms with Crippen LogP contribution in [0.4, 0.5) is 0 Å². The second-order valence-electron chi connectivity index (χ2n) is 5.88. The minimum atomic E-state index is 0.685. The second-order valence-corrected chi connectivity index (χ2v) is 5.88. The van der Waals surface area contributed by atoms with E-state index in [2.05, 4.69) is 41.5 Å².